The molecule has 0 aliphatic rings. The Kier molecular flexibility index (Phi) is 6.92. The van der Waals surface area contributed by atoms with Crippen molar-refractivity contribution in [3.63, 3.8) is 0 Å². The van der Waals surface area contributed by atoms with Crippen molar-refractivity contribution in [1.82, 2.24) is 0 Å². The zero-order chi connectivity index (χ0) is 15.8. The van der Waals surface area contributed by atoms with Gasteiger partial charge >= 0.3 is 5.97 Å². The number of hydrogen-bond donors (Lipinski definition) is 2. The zero-order valence-electron chi connectivity index (χ0n) is 13.2. The van der Waals surface area contributed by atoms with E-state index in [2.05, 4.69) is 12.2 Å². The van der Waals surface area contributed by atoms with Gasteiger partial charge in [0.15, 0.2) is 0 Å². The van der Waals surface area contributed by atoms with Gasteiger partial charge in [-0.25, -0.2) is 4.79 Å². The van der Waals surface area contributed by atoms with E-state index in [0.717, 1.165) is 30.4 Å². The molecule has 0 atom stereocenters. The monoisotopic (exact) mass is 291 g/mol. The van der Waals surface area contributed by atoms with Crippen LogP contribution in [0.25, 0.3) is 0 Å². The molecule has 0 saturated heterocycles. The van der Waals surface area contributed by atoms with Crippen molar-refractivity contribution in [2.24, 2.45) is 0 Å². The van der Waals surface area contributed by atoms with Crippen LogP contribution in [-0.4, -0.2) is 17.0 Å². The van der Waals surface area contributed by atoms with Gasteiger partial charge in [-0.3, -0.25) is 4.79 Å². The predicted molar refractivity (Wildman–Crippen MR) is 84.9 cm³/mol. The number of carbonyl (C=O) groups excluding carboxylic acids is 1. The third-order valence-electron chi connectivity index (χ3n) is 3.69. The number of hydrogen-bond acceptors (Lipinski definition) is 2. The van der Waals surface area contributed by atoms with Crippen LogP contribution in [0.5, 0.6) is 0 Å². The summed E-state index contributed by atoms with van der Waals surface area (Å²) in [6.07, 6.45) is 5.99. The summed E-state index contributed by atoms with van der Waals surface area (Å²) in [5, 5.41) is 12.0. The normalized spacial score (nSPS) is 10.4. The van der Waals surface area contributed by atoms with Gasteiger partial charge in [-0.15, -0.1) is 0 Å². The van der Waals surface area contributed by atoms with Crippen LogP contribution < -0.4 is 5.32 Å². The van der Waals surface area contributed by atoms with E-state index >= 15 is 0 Å². The molecule has 1 rings (SSSR count). The van der Waals surface area contributed by atoms with E-state index in [9.17, 15) is 9.59 Å². The molecule has 0 unspecified atom stereocenters. The molecule has 21 heavy (non-hydrogen) atoms. The van der Waals surface area contributed by atoms with Gasteiger partial charge in [0.1, 0.15) is 0 Å². The average Bonchev–Trinajstić information content (AvgIpc) is 2.42. The van der Waals surface area contributed by atoms with Crippen LogP contribution in [0, 0.1) is 13.8 Å². The number of unbranched alkanes of at least 4 members (excludes halogenated alkanes) is 4. The van der Waals surface area contributed by atoms with E-state index in [4.69, 9.17) is 5.11 Å². The molecule has 0 heterocycles. The van der Waals surface area contributed by atoms with Crippen molar-refractivity contribution >= 4 is 17.6 Å². The first-order chi connectivity index (χ1) is 9.95. The third-order valence-corrected chi connectivity index (χ3v) is 3.69. The van der Waals surface area contributed by atoms with Crippen molar-refractivity contribution in [1.29, 1.82) is 0 Å². The Morgan fingerprint density at radius 2 is 1.76 bits per heavy atom. The van der Waals surface area contributed by atoms with E-state index in [1.54, 1.807) is 6.92 Å². The van der Waals surface area contributed by atoms with Gasteiger partial charge in [0, 0.05) is 12.1 Å². The van der Waals surface area contributed by atoms with Crippen LogP contribution in [-0.2, 0) is 4.79 Å². The lowest BCUT2D eigenvalue weighted by atomic mass is 10.0. The van der Waals surface area contributed by atoms with Crippen LogP contribution in [0.4, 0.5) is 5.69 Å². The molecular formula is C17H25NO3. The minimum absolute atomic E-state index is 0.0499. The Hall–Kier alpha value is -1.84. The first-order valence-corrected chi connectivity index (χ1v) is 7.60. The fourth-order valence-electron chi connectivity index (χ4n) is 2.27. The number of nitrogens with one attached hydrogen (secondary N) is 1. The smallest absolute Gasteiger partial charge is 0.336 e. The fraction of sp³-hybridized carbons (Fsp3) is 0.529. The molecule has 0 spiro atoms. The summed E-state index contributed by atoms with van der Waals surface area (Å²) in [7, 11) is 0. The highest BCUT2D eigenvalue weighted by molar-refractivity contribution is 5.95. The largest absolute Gasteiger partial charge is 0.478 e. The summed E-state index contributed by atoms with van der Waals surface area (Å²) in [6.45, 7) is 5.78. The highest BCUT2D eigenvalue weighted by Gasteiger charge is 2.12. The Morgan fingerprint density at radius 3 is 2.38 bits per heavy atom. The Bertz CT molecular complexity index is 509. The zero-order valence-corrected chi connectivity index (χ0v) is 13.2. The molecule has 0 aromatic heterocycles. The molecule has 0 aliphatic heterocycles. The number of aromatic carboxylic acids is 1. The van der Waals surface area contributed by atoms with Crippen molar-refractivity contribution in [2.45, 2.75) is 59.3 Å². The molecule has 0 bridgehead atoms. The van der Waals surface area contributed by atoms with Gasteiger partial charge < -0.3 is 10.4 Å². The molecule has 0 saturated carbocycles. The lowest BCUT2D eigenvalue weighted by Gasteiger charge is -2.10. The number of anilines is 1. The molecule has 1 aromatic rings. The summed E-state index contributed by atoms with van der Waals surface area (Å²) >= 11 is 0. The van der Waals surface area contributed by atoms with Crippen molar-refractivity contribution in [3.8, 4) is 0 Å². The fourth-order valence-corrected chi connectivity index (χ4v) is 2.27. The van der Waals surface area contributed by atoms with Crippen molar-refractivity contribution < 1.29 is 14.7 Å². The molecule has 0 fully saturated rings. The van der Waals surface area contributed by atoms with Gasteiger partial charge in [0.2, 0.25) is 5.91 Å². The van der Waals surface area contributed by atoms with E-state index in [0.29, 0.717) is 12.1 Å². The van der Waals surface area contributed by atoms with E-state index in [-0.39, 0.29) is 11.5 Å². The first kappa shape index (κ1) is 17.2. The predicted octanol–water partition coefficient (Wildman–Crippen LogP) is 4.30. The molecule has 4 heteroatoms. The second-order valence-electron chi connectivity index (χ2n) is 5.48. The lowest BCUT2D eigenvalue weighted by molar-refractivity contribution is -0.116. The molecule has 2 N–H and O–H groups in total. The number of carboxylic acids is 1. The van der Waals surface area contributed by atoms with Crippen molar-refractivity contribution in [3.05, 3.63) is 28.8 Å². The quantitative estimate of drug-likeness (QED) is 0.702. The second kappa shape index (κ2) is 8.45. The number of amides is 1. The Labute approximate surface area is 126 Å². The molecule has 116 valence electrons. The van der Waals surface area contributed by atoms with Crippen LogP contribution in [0.3, 0.4) is 0 Å². The molecule has 1 aromatic carbocycles. The second-order valence-corrected chi connectivity index (χ2v) is 5.48. The van der Waals surface area contributed by atoms with Gasteiger partial charge in [-0.2, -0.15) is 0 Å². The maximum atomic E-state index is 11.9. The minimum Gasteiger partial charge on any atom is -0.478 e. The summed E-state index contributed by atoms with van der Waals surface area (Å²) in [5.41, 5.74) is 2.41. The molecule has 1 amide bonds. The maximum absolute atomic E-state index is 11.9. The van der Waals surface area contributed by atoms with E-state index in [1.807, 2.05) is 13.0 Å². The third kappa shape index (κ3) is 5.58. The topological polar surface area (TPSA) is 66.4 Å². The Balaban J connectivity index is 2.58. The number of benzene rings is 1. The molecule has 0 aliphatic carbocycles. The van der Waals surface area contributed by atoms with Gasteiger partial charge in [-0.05, 0) is 43.5 Å². The van der Waals surface area contributed by atoms with Crippen LogP contribution in [0.15, 0.2) is 12.1 Å². The molecule has 0 radical (unpaired) electrons. The van der Waals surface area contributed by atoms with Crippen molar-refractivity contribution in [2.75, 3.05) is 5.32 Å². The summed E-state index contributed by atoms with van der Waals surface area (Å²) in [4.78, 5) is 23.0. The molecule has 4 nitrogen and oxygen atoms in total. The van der Waals surface area contributed by atoms with E-state index in [1.165, 1.54) is 18.9 Å². The highest BCUT2D eigenvalue weighted by atomic mass is 16.4. The summed E-state index contributed by atoms with van der Waals surface area (Å²) in [5.74, 6) is -1.02. The molecular weight excluding hydrogens is 266 g/mol. The SMILES string of the molecule is CCCCCCCC(=O)Nc1cc(C)c(C)c(C(=O)O)c1. The summed E-state index contributed by atoms with van der Waals surface area (Å²) < 4.78 is 0. The number of carboxylic acid groups (broad SMARTS) is 1. The van der Waals surface area contributed by atoms with E-state index < -0.39 is 5.97 Å². The maximum Gasteiger partial charge on any atom is 0.336 e. The first-order valence-electron chi connectivity index (χ1n) is 7.60. The lowest BCUT2D eigenvalue weighted by Crippen LogP contribution is -2.12. The van der Waals surface area contributed by atoms with Crippen LogP contribution in [0.1, 0.15) is 66.9 Å². The minimum atomic E-state index is -0.966. The number of aryl methyl sites for hydroxylation is 1. The van der Waals surface area contributed by atoms with Gasteiger partial charge in [0.05, 0.1) is 5.56 Å². The standard InChI is InChI=1S/C17H25NO3/c1-4-5-6-7-8-9-16(19)18-14-10-12(2)13(3)15(11-14)17(20)21/h10-11H,4-9H2,1-3H3,(H,18,19)(H,20,21). The van der Waals surface area contributed by atoms with Crippen LogP contribution >= 0.6 is 0 Å². The van der Waals surface area contributed by atoms with Gasteiger partial charge in [0.25, 0.3) is 0 Å². The average molecular weight is 291 g/mol. The van der Waals surface area contributed by atoms with Gasteiger partial charge in [-0.1, -0.05) is 32.6 Å². The summed E-state index contributed by atoms with van der Waals surface area (Å²) in [6, 6.07) is 3.34. The Morgan fingerprint density at radius 1 is 1.10 bits per heavy atom. The number of carbonyl (C=O) groups is 2. The number of rotatable bonds is 8. The highest BCUT2D eigenvalue weighted by Crippen LogP contribution is 2.20. The van der Waals surface area contributed by atoms with Crippen LogP contribution in [0.2, 0.25) is 0 Å².